The molecule has 0 aliphatic heterocycles. The molecule has 0 aromatic carbocycles. The third-order valence-electron chi connectivity index (χ3n) is 2.72. The number of hydrogen-bond donors (Lipinski definition) is 3. The molecule has 0 aliphatic carbocycles. The highest BCUT2D eigenvalue weighted by atomic mass is 19.1. The van der Waals surface area contributed by atoms with Gasteiger partial charge in [-0.25, -0.2) is 24.0 Å². The third kappa shape index (κ3) is 4.06. The monoisotopic (exact) mass is 331 g/mol. The lowest BCUT2D eigenvalue weighted by atomic mass is 10.2. The van der Waals surface area contributed by atoms with Crippen molar-refractivity contribution in [3.05, 3.63) is 48.1 Å². The summed E-state index contributed by atoms with van der Waals surface area (Å²) in [5.74, 6) is -1.04. The SMILES string of the molecule is CC(=O)O.N=C(N)c1nn(Cc2ncccn2)c2ncc(F)cc12. The van der Waals surface area contributed by atoms with Gasteiger partial charge in [0.1, 0.15) is 29.7 Å². The van der Waals surface area contributed by atoms with Crippen LogP contribution in [0.3, 0.4) is 0 Å². The number of hydrogen-bond acceptors (Lipinski definition) is 6. The summed E-state index contributed by atoms with van der Waals surface area (Å²) < 4.78 is 14.8. The number of amidine groups is 1. The van der Waals surface area contributed by atoms with Crippen LogP contribution in [0.4, 0.5) is 4.39 Å². The van der Waals surface area contributed by atoms with Crippen LogP contribution in [0.2, 0.25) is 0 Å². The van der Waals surface area contributed by atoms with Crippen molar-refractivity contribution in [2.75, 3.05) is 0 Å². The Labute approximate surface area is 135 Å². The van der Waals surface area contributed by atoms with Gasteiger partial charge in [0.2, 0.25) is 0 Å². The minimum absolute atomic E-state index is 0.197. The van der Waals surface area contributed by atoms with Crippen LogP contribution in [0, 0.1) is 11.2 Å². The van der Waals surface area contributed by atoms with E-state index in [1.54, 1.807) is 18.5 Å². The summed E-state index contributed by atoms with van der Waals surface area (Å²) in [6.07, 6.45) is 4.33. The number of carboxylic acids is 1. The fraction of sp³-hybridized carbons (Fsp3) is 0.143. The Balaban J connectivity index is 0.000000471. The minimum atomic E-state index is -0.833. The van der Waals surface area contributed by atoms with Gasteiger partial charge in [-0.2, -0.15) is 5.10 Å². The van der Waals surface area contributed by atoms with Crippen molar-refractivity contribution in [1.29, 1.82) is 5.41 Å². The lowest BCUT2D eigenvalue weighted by molar-refractivity contribution is -0.134. The van der Waals surface area contributed by atoms with Crippen molar-refractivity contribution in [1.82, 2.24) is 24.7 Å². The smallest absolute Gasteiger partial charge is 0.300 e. The van der Waals surface area contributed by atoms with E-state index >= 15 is 0 Å². The van der Waals surface area contributed by atoms with Gasteiger partial charge in [-0.1, -0.05) is 0 Å². The van der Waals surface area contributed by atoms with Gasteiger partial charge >= 0.3 is 0 Å². The molecule has 0 amide bonds. The molecule has 0 bridgehead atoms. The number of aromatic nitrogens is 5. The molecular formula is C14H14FN7O2. The number of nitrogen functional groups attached to an aromatic ring is 1. The number of fused-ring (bicyclic) bond motifs is 1. The molecule has 24 heavy (non-hydrogen) atoms. The quantitative estimate of drug-likeness (QED) is 0.475. The van der Waals surface area contributed by atoms with E-state index in [2.05, 4.69) is 20.1 Å². The van der Waals surface area contributed by atoms with Crippen LogP contribution in [0.25, 0.3) is 11.0 Å². The second-order valence-corrected chi connectivity index (χ2v) is 4.63. The van der Waals surface area contributed by atoms with E-state index in [1.807, 2.05) is 0 Å². The van der Waals surface area contributed by atoms with Crippen molar-refractivity contribution in [2.24, 2.45) is 5.73 Å². The first-order valence-electron chi connectivity index (χ1n) is 6.70. The van der Waals surface area contributed by atoms with Gasteiger partial charge in [-0.15, -0.1) is 0 Å². The van der Waals surface area contributed by atoms with E-state index in [9.17, 15) is 4.39 Å². The normalized spacial score (nSPS) is 10.1. The first-order valence-corrected chi connectivity index (χ1v) is 6.70. The highest BCUT2D eigenvalue weighted by Crippen LogP contribution is 2.17. The van der Waals surface area contributed by atoms with Gasteiger partial charge in [0, 0.05) is 19.3 Å². The Morgan fingerprint density at radius 3 is 2.58 bits per heavy atom. The number of nitrogens with zero attached hydrogens (tertiary/aromatic N) is 5. The molecule has 9 nitrogen and oxygen atoms in total. The van der Waals surface area contributed by atoms with E-state index in [1.165, 1.54) is 10.7 Å². The van der Waals surface area contributed by atoms with Crippen LogP contribution in [0.15, 0.2) is 30.7 Å². The van der Waals surface area contributed by atoms with Crippen LogP contribution in [-0.4, -0.2) is 41.6 Å². The molecule has 124 valence electrons. The molecular weight excluding hydrogens is 317 g/mol. The molecule has 4 N–H and O–H groups in total. The van der Waals surface area contributed by atoms with E-state index in [0.717, 1.165) is 13.1 Å². The molecule has 10 heteroatoms. The summed E-state index contributed by atoms with van der Waals surface area (Å²) in [7, 11) is 0. The highest BCUT2D eigenvalue weighted by molar-refractivity contribution is 6.04. The van der Waals surface area contributed by atoms with Gasteiger partial charge < -0.3 is 10.8 Å². The van der Waals surface area contributed by atoms with Gasteiger partial charge in [0.15, 0.2) is 5.65 Å². The topological polar surface area (TPSA) is 144 Å². The molecule has 3 heterocycles. The predicted molar refractivity (Wildman–Crippen MR) is 82.9 cm³/mol. The maximum Gasteiger partial charge on any atom is 0.300 e. The van der Waals surface area contributed by atoms with Crippen LogP contribution >= 0.6 is 0 Å². The lowest BCUT2D eigenvalue weighted by Gasteiger charge is -2.00. The van der Waals surface area contributed by atoms with E-state index in [4.69, 9.17) is 21.0 Å². The number of nitrogens with one attached hydrogen (secondary N) is 1. The maximum atomic E-state index is 13.3. The van der Waals surface area contributed by atoms with Gasteiger partial charge in [-0.3, -0.25) is 10.2 Å². The molecule has 0 saturated heterocycles. The van der Waals surface area contributed by atoms with Gasteiger partial charge in [0.05, 0.1) is 11.6 Å². The molecule has 0 spiro atoms. The summed E-state index contributed by atoms with van der Waals surface area (Å²) in [6.45, 7) is 1.35. The number of pyridine rings is 1. The summed E-state index contributed by atoms with van der Waals surface area (Å²) >= 11 is 0. The second kappa shape index (κ2) is 7.22. The number of aliphatic carboxylic acids is 1. The molecule has 0 fully saturated rings. The van der Waals surface area contributed by atoms with Crippen LogP contribution in [-0.2, 0) is 11.3 Å². The standard InChI is InChI=1S/C12H10FN7.C2H4O2/c13-7-4-8-10(11(14)15)19-20(12(8)18-5-7)6-9-16-2-1-3-17-9;1-2(3)4/h1-5H,6H2,(H3,14,15);1H3,(H,3,4). The Hall–Kier alpha value is -3.43. The highest BCUT2D eigenvalue weighted by Gasteiger charge is 2.15. The molecule has 3 aromatic rings. The maximum absolute atomic E-state index is 13.3. The Kier molecular flexibility index (Phi) is 5.09. The number of halogens is 1. The van der Waals surface area contributed by atoms with Crippen molar-refractivity contribution >= 4 is 22.8 Å². The zero-order chi connectivity index (χ0) is 17.7. The Morgan fingerprint density at radius 1 is 1.38 bits per heavy atom. The molecule has 3 rings (SSSR count). The fourth-order valence-electron chi connectivity index (χ4n) is 1.89. The summed E-state index contributed by atoms with van der Waals surface area (Å²) in [6, 6.07) is 2.97. The zero-order valence-corrected chi connectivity index (χ0v) is 12.6. The molecule has 3 aromatic heterocycles. The fourth-order valence-corrected chi connectivity index (χ4v) is 1.89. The van der Waals surface area contributed by atoms with Gasteiger partial charge in [0.25, 0.3) is 5.97 Å². The van der Waals surface area contributed by atoms with Crippen LogP contribution in [0.5, 0.6) is 0 Å². The summed E-state index contributed by atoms with van der Waals surface area (Å²) in [5.41, 5.74) is 6.09. The van der Waals surface area contributed by atoms with Crippen molar-refractivity contribution in [3.8, 4) is 0 Å². The Bertz CT molecular complexity index is 875. The van der Waals surface area contributed by atoms with E-state index < -0.39 is 11.8 Å². The molecule has 0 saturated carbocycles. The van der Waals surface area contributed by atoms with Gasteiger partial charge in [-0.05, 0) is 12.1 Å². The average molecular weight is 331 g/mol. The van der Waals surface area contributed by atoms with Crippen molar-refractivity contribution < 1.29 is 14.3 Å². The van der Waals surface area contributed by atoms with Crippen LogP contribution in [0.1, 0.15) is 18.4 Å². The lowest BCUT2D eigenvalue weighted by Crippen LogP contribution is -2.13. The average Bonchev–Trinajstić information content (AvgIpc) is 2.86. The summed E-state index contributed by atoms with van der Waals surface area (Å²) in [4.78, 5) is 21.2. The zero-order valence-electron chi connectivity index (χ0n) is 12.6. The van der Waals surface area contributed by atoms with Crippen LogP contribution < -0.4 is 5.73 Å². The number of rotatable bonds is 3. The van der Waals surface area contributed by atoms with Crippen molar-refractivity contribution in [2.45, 2.75) is 13.5 Å². The van der Waals surface area contributed by atoms with E-state index in [-0.39, 0.29) is 18.1 Å². The molecule has 0 atom stereocenters. The largest absolute Gasteiger partial charge is 0.481 e. The minimum Gasteiger partial charge on any atom is -0.481 e. The number of nitrogens with two attached hydrogens (primary N) is 1. The number of carboxylic acid groups (broad SMARTS) is 1. The molecule has 0 aliphatic rings. The second-order valence-electron chi connectivity index (χ2n) is 4.63. The molecule has 0 unspecified atom stereocenters. The predicted octanol–water partition coefficient (Wildman–Crippen LogP) is 0.784. The first-order chi connectivity index (χ1) is 11.4. The number of carbonyl (C=O) groups is 1. The van der Waals surface area contributed by atoms with Crippen molar-refractivity contribution in [3.63, 3.8) is 0 Å². The first kappa shape index (κ1) is 16.9. The summed E-state index contributed by atoms with van der Waals surface area (Å²) in [5, 5.41) is 19.5. The van der Waals surface area contributed by atoms with E-state index in [0.29, 0.717) is 16.9 Å². The Morgan fingerprint density at radius 2 is 2.00 bits per heavy atom. The third-order valence-corrected chi connectivity index (χ3v) is 2.72. The molecule has 0 radical (unpaired) electrons.